The molecule has 1 N–H and O–H groups in total. The Kier molecular flexibility index (Phi) is 3.97. The average Bonchev–Trinajstić information content (AvgIpc) is 2.20. The van der Waals surface area contributed by atoms with E-state index in [0.717, 1.165) is 29.2 Å². The highest BCUT2D eigenvalue weighted by atomic mass is 35.5. The number of carbonyl (C=O) groups excluding carboxylic acids is 1. The number of methoxy groups -OCH3 is 1. The first kappa shape index (κ1) is 13.0. The van der Waals surface area contributed by atoms with Crippen LogP contribution >= 0.6 is 11.6 Å². The van der Waals surface area contributed by atoms with Crippen molar-refractivity contribution in [3.8, 4) is 0 Å². The molecule has 0 heterocycles. The van der Waals surface area contributed by atoms with E-state index in [2.05, 4.69) is 29.1 Å². The zero-order valence-corrected chi connectivity index (χ0v) is 10.8. The summed E-state index contributed by atoms with van der Waals surface area (Å²) in [5, 5.41) is 4.84. The lowest BCUT2D eigenvalue weighted by molar-refractivity contribution is 0.171. The van der Waals surface area contributed by atoms with E-state index in [4.69, 9.17) is 11.6 Å². The molecule has 0 radical (unpaired) electrons. The Morgan fingerprint density at radius 2 is 2.12 bits per heavy atom. The van der Waals surface area contributed by atoms with Crippen LogP contribution in [0.1, 0.15) is 33.6 Å². The highest BCUT2D eigenvalue weighted by molar-refractivity contribution is 6.32. The van der Waals surface area contributed by atoms with E-state index >= 15 is 0 Å². The minimum absolute atomic E-state index is 0.0766. The maximum absolute atomic E-state index is 10.9. The van der Waals surface area contributed by atoms with Gasteiger partial charge >= 0.3 is 6.09 Å². The standard InChI is InChI=1S/C11H17ClN2O2/c1-7-8(12)5-11(2,3)6-9(7)13-14-10(15)16-4/h5-6H2,1-4H3,(H,14,15)/b13-9+. The maximum atomic E-state index is 10.9. The zero-order chi connectivity index (χ0) is 12.3. The topological polar surface area (TPSA) is 50.7 Å². The van der Waals surface area contributed by atoms with Crippen LogP contribution in [0.4, 0.5) is 4.79 Å². The van der Waals surface area contributed by atoms with Gasteiger partial charge in [-0.15, -0.1) is 0 Å². The van der Waals surface area contributed by atoms with E-state index in [1.54, 1.807) is 0 Å². The monoisotopic (exact) mass is 244 g/mol. The van der Waals surface area contributed by atoms with Gasteiger partial charge in [-0.1, -0.05) is 25.4 Å². The molecule has 1 aliphatic carbocycles. The average molecular weight is 245 g/mol. The molecule has 0 aromatic carbocycles. The third-order valence-corrected chi connectivity index (χ3v) is 3.00. The van der Waals surface area contributed by atoms with Gasteiger partial charge in [0.05, 0.1) is 12.8 Å². The normalized spacial score (nSPS) is 22.2. The molecule has 0 fully saturated rings. The molecule has 90 valence electrons. The Labute approximate surface area is 101 Å². The second-order valence-corrected chi connectivity index (χ2v) is 5.17. The SMILES string of the molecule is COC(=O)N/N=C1\CC(C)(C)CC(Cl)=C1C. The van der Waals surface area contributed by atoms with Crippen LogP contribution < -0.4 is 5.43 Å². The van der Waals surface area contributed by atoms with Crippen LogP contribution in [-0.2, 0) is 4.74 Å². The highest BCUT2D eigenvalue weighted by Gasteiger charge is 2.29. The largest absolute Gasteiger partial charge is 0.452 e. The molecule has 0 aromatic rings. The van der Waals surface area contributed by atoms with Gasteiger partial charge in [0.2, 0.25) is 0 Å². The molecule has 16 heavy (non-hydrogen) atoms. The van der Waals surface area contributed by atoms with Crippen molar-refractivity contribution in [3.63, 3.8) is 0 Å². The Bertz CT molecular complexity index is 359. The molecule has 0 spiro atoms. The molecule has 1 rings (SSSR count). The number of hydrogen-bond donors (Lipinski definition) is 1. The number of halogens is 1. The van der Waals surface area contributed by atoms with Crippen LogP contribution in [0.15, 0.2) is 15.7 Å². The second-order valence-electron chi connectivity index (χ2n) is 4.71. The lowest BCUT2D eigenvalue weighted by Gasteiger charge is -2.30. The molecule has 5 heteroatoms. The molecular formula is C11H17ClN2O2. The molecule has 0 saturated heterocycles. The van der Waals surface area contributed by atoms with Gasteiger partial charge in [-0.05, 0) is 30.8 Å². The van der Waals surface area contributed by atoms with E-state index in [-0.39, 0.29) is 5.41 Å². The molecule has 0 aromatic heterocycles. The van der Waals surface area contributed by atoms with Crippen LogP contribution in [-0.4, -0.2) is 18.9 Å². The lowest BCUT2D eigenvalue weighted by Crippen LogP contribution is -2.27. The summed E-state index contributed by atoms with van der Waals surface area (Å²) in [6.07, 6.45) is 1.07. The van der Waals surface area contributed by atoms with Gasteiger partial charge in [-0.3, -0.25) is 0 Å². The molecule has 0 aliphatic heterocycles. The van der Waals surface area contributed by atoms with Gasteiger partial charge in [0.25, 0.3) is 0 Å². The van der Waals surface area contributed by atoms with Gasteiger partial charge in [0.15, 0.2) is 0 Å². The molecule has 0 bridgehead atoms. The first-order chi connectivity index (χ1) is 7.35. The van der Waals surface area contributed by atoms with Crippen LogP contribution in [0.2, 0.25) is 0 Å². The van der Waals surface area contributed by atoms with Crippen molar-refractivity contribution in [2.24, 2.45) is 10.5 Å². The Hall–Kier alpha value is -1.03. The minimum Gasteiger partial charge on any atom is -0.452 e. The van der Waals surface area contributed by atoms with Crippen molar-refractivity contribution >= 4 is 23.4 Å². The summed E-state index contributed by atoms with van der Waals surface area (Å²) >= 11 is 6.15. The number of allylic oxidation sites excluding steroid dienone is 2. The summed E-state index contributed by atoms with van der Waals surface area (Å²) in [5.74, 6) is 0. The van der Waals surface area contributed by atoms with E-state index in [1.165, 1.54) is 7.11 Å². The fraction of sp³-hybridized carbons (Fsp3) is 0.636. The second kappa shape index (κ2) is 4.87. The van der Waals surface area contributed by atoms with Crippen molar-refractivity contribution in [1.29, 1.82) is 0 Å². The predicted octanol–water partition coefficient (Wildman–Crippen LogP) is 3.03. The Morgan fingerprint density at radius 1 is 1.50 bits per heavy atom. The predicted molar refractivity (Wildman–Crippen MR) is 64.5 cm³/mol. The number of ether oxygens (including phenoxy) is 1. The summed E-state index contributed by atoms with van der Waals surface area (Å²) in [5.41, 5.74) is 4.16. The Morgan fingerprint density at radius 3 is 2.69 bits per heavy atom. The van der Waals surface area contributed by atoms with Gasteiger partial charge in [-0.25, -0.2) is 10.2 Å². The van der Waals surface area contributed by atoms with Crippen LogP contribution in [0.5, 0.6) is 0 Å². The maximum Gasteiger partial charge on any atom is 0.427 e. The third kappa shape index (κ3) is 3.23. The Balaban J connectivity index is 2.87. The zero-order valence-electron chi connectivity index (χ0n) is 10.1. The van der Waals surface area contributed by atoms with Crippen LogP contribution in [0, 0.1) is 5.41 Å². The van der Waals surface area contributed by atoms with Crippen molar-refractivity contribution in [2.75, 3.05) is 7.11 Å². The van der Waals surface area contributed by atoms with E-state index in [1.807, 2.05) is 6.92 Å². The van der Waals surface area contributed by atoms with Crippen molar-refractivity contribution in [1.82, 2.24) is 5.43 Å². The van der Waals surface area contributed by atoms with Crippen LogP contribution in [0.25, 0.3) is 0 Å². The number of amides is 1. The van der Waals surface area contributed by atoms with Crippen molar-refractivity contribution in [3.05, 3.63) is 10.6 Å². The number of nitrogens with one attached hydrogen (secondary N) is 1. The number of hydrogen-bond acceptors (Lipinski definition) is 3. The fourth-order valence-electron chi connectivity index (χ4n) is 1.64. The summed E-state index contributed by atoms with van der Waals surface area (Å²) in [6.45, 7) is 6.15. The smallest absolute Gasteiger partial charge is 0.427 e. The lowest BCUT2D eigenvalue weighted by atomic mass is 9.77. The summed E-state index contributed by atoms with van der Waals surface area (Å²) in [7, 11) is 1.30. The summed E-state index contributed by atoms with van der Waals surface area (Å²) in [4.78, 5) is 10.9. The number of hydrazone groups is 1. The third-order valence-electron chi connectivity index (χ3n) is 2.59. The van der Waals surface area contributed by atoms with Gasteiger partial charge in [0, 0.05) is 5.03 Å². The number of rotatable bonds is 1. The quantitative estimate of drug-likeness (QED) is 0.721. The summed E-state index contributed by atoms with van der Waals surface area (Å²) in [6, 6.07) is 0. The summed E-state index contributed by atoms with van der Waals surface area (Å²) < 4.78 is 4.45. The van der Waals surface area contributed by atoms with Crippen molar-refractivity contribution < 1.29 is 9.53 Å². The first-order valence-electron chi connectivity index (χ1n) is 5.12. The van der Waals surface area contributed by atoms with Crippen LogP contribution in [0.3, 0.4) is 0 Å². The number of carbonyl (C=O) groups is 1. The molecule has 0 unspecified atom stereocenters. The van der Waals surface area contributed by atoms with Gasteiger partial charge < -0.3 is 4.74 Å². The molecule has 4 nitrogen and oxygen atoms in total. The molecule has 1 aliphatic rings. The molecule has 0 saturated carbocycles. The van der Waals surface area contributed by atoms with Gasteiger partial charge in [-0.2, -0.15) is 5.10 Å². The molecule has 0 atom stereocenters. The van der Waals surface area contributed by atoms with E-state index in [9.17, 15) is 4.79 Å². The minimum atomic E-state index is -0.570. The fourth-order valence-corrected chi connectivity index (χ4v) is 2.11. The van der Waals surface area contributed by atoms with Crippen molar-refractivity contribution in [2.45, 2.75) is 33.6 Å². The highest BCUT2D eigenvalue weighted by Crippen LogP contribution is 2.38. The van der Waals surface area contributed by atoms with E-state index < -0.39 is 6.09 Å². The molecule has 1 amide bonds. The van der Waals surface area contributed by atoms with E-state index in [0.29, 0.717) is 0 Å². The number of nitrogens with zero attached hydrogens (tertiary/aromatic N) is 1. The van der Waals surface area contributed by atoms with Gasteiger partial charge in [0.1, 0.15) is 0 Å². The molecular weight excluding hydrogens is 228 g/mol. The first-order valence-corrected chi connectivity index (χ1v) is 5.49.